The lowest BCUT2D eigenvalue weighted by molar-refractivity contribution is -0.143. The second kappa shape index (κ2) is 14.5. The van der Waals surface area contributed by atoms with Gasteiger partial charge in [0.25, 0.3) is 5.91 Å². The van der Waals surface area contributed by atoms with Gasteiger partial charge in [0.2, 0.25) is 17.7 Å². The maximum Gasteiger partial charge on any atom is 0.255 e. The van der Waals surface area contributed by atoms with Crippen molar-refractivity contribution in [3.8, 4) is 5.75 Å². The van der Waals surface area contributed by atoms with Crippen LogP contribution in [0.25, 0.3) is 0 Å². The number of carbonyl (C=O) groups excluding carboxylic acids is 4. The number of hydrogen-bond acceptors (Lipinski definition) is 7. The number of benzene rings is 2. The predicted octanol–water partition coefficient (Wildman–Crippen LogP) is 1.56. The van der Waals surface area contributed by atoms with Gasteiger partial charge in [-0.15, -0.1) is 0 Å². The van der Waals surface area contributed by atoms with Crippen LogP contribution in [0.5, 0.6) is 5.75 Å². The Kier molecular flexibility index (Phi) is 10.3. The Morgan fingerprint density at radius 2 is 1.67 bits per heavy atom. The van der Waals surface area contributed by atoms with Gasteiger partial charge in [-0.25, -0.2) is 0 Å². The fourth-order valence-electron chi connectivity index (χ4n) is 5.77. The Hall–Kier alpha value is -3.96. The molecule has 11 heteroatoms. The minimum Gasteiger partial charge on any atom is -0.491 e. The number of fused-ring (bicyclic) bond motifs is 2. The summed E-state index contributed by atoms with van der Waals surface area (Å²) in [6, 6.07) is 13.4. The lowest BCUT2D eigenvalue weighted by atomic mass is 10.1. The van der Waals surface area contributed by atoms with Crippen LogP contribution in [0.15, 0.2) is 48.5 Å². The van der Waals surface area contributed by atoms with E-state index >= 15 is 0 Å². The molecule has 2 aromatic carbocycles. The summed E-state index contributed by atoms with van der Waals surface area (Å²) in [7, 11) is 1.70. The van der Waals surface area contributed by atoms with Crippen LogP contribution in [-0.4, -0.2) is 103 Å². The van der Waals surface area contributed by atoms with Crippen molar-refractivity contribution in [2.45, 2.75) is 50.9 Å². The van der Waals surface area contributed by atoms with Crippen molar-refractivity contribution in [3.05, 3.63) is 65.2 Å². The standard InChI is InChI=1S/C32H41N5O6/c1-35-15-20-43-28-7-3-2-5-25(28)30(39)34-26(12-13-29(38)37-14-4-6-27(37)32(35)41)31(40)33-21-23-8-10-24(11-9-23)22-36-16-18-42-19-17-36/h2-3,5,7-11,26-27H,4,6,12-22H2,1H3,(H,33,40)(H,34,39)/t26-,27-/m0/s1. The summed E-state index contributed by atoms with van der Waals surface area (Å²) in [5, 5.41) is 5.77. The van der Waals surface area contributed by atoms with Crippen LogP contribution in [0.4, 0.5) is 0 Å². The first kappa shape index (κ1) is 30.5. The minimum atomic E-state index is -0.949. The van der Waals surface area contributed by atoms with E-state index in [-0.39, 0.29) is 49.3 Å². The topological polar surface area (TPSA) is 121 Å². The number of amides is 4. The summed E-state index contributed by atoms with van der Waals surface area (Å²) in [6.07, 6.45) is 1.47. The lowest BCUT2D eigenvalue weighted by Gasteiger charge is -2.28. The summed E-state index contributed by atoms with van der Waals surface area (Å²) < 4.78 is 11.3. The van der Waals surface area contributed by atoms with E-state index < -0.39 is 18.0 Å². The molecule has 0 aromatic heterocycles. The first-order valence-electron chi connectivity index (χ1n) is 15.1. The van der Waals surface area contributed by atoms with E-state index in [2.05, 4.69) is 27.7 Å². The molecule has 2 atom stereocenters. The molecule has 0 spiro atoms. The van der Waals surface area contributed by atoms with Gasteiger partial charge in [-0.3, -0.25) is 24.1 Å². The summed E-state index contributed by atoms with van der Waals surface area (Å²) >= 11 is 0. The van der Waals surface area contributed by atoms with Crippen molar-refractivity contribution < 1.29 is 28.7 Å². The van der Waals surface area contributed by atoms with Gasteiger partial charge in [0, 0.05) is 46.2 Å². The average molecular weight is 592 g/mol. The number of ether oxygens (including phenoxy) is 2. The van der Waals surface area contributed by atoms with Gasteiger partial charge in [0.15, 0.2) is 0 Å². The van der Waals surface area contributed by atoms with Crippen LogP contribution < -0.4 is 15.4 Å². The van der Waals surface area contributed by atoms with Crippen LogP contribution in [-0.2, 0) is 32.2 Å². The average Bonchev–Trinajstić information content (AvgIpc) is 3.52. The van der Waals surface area contributed by atoms with Crippen LogP contribution in [0.1, 0.15) is 47.2 Å². The smallest absolute Gasteiger partial charge is 0.255 e. The SMILES string of the molecule is CN1CCOc2ccccc2C(=O)N[C@H](C(=O)NCc2ccc(CN3CCOCC3)cc2)CCC(=O)N2CCC[C@H]2C1=O. The van der Waals surface area contributed by atoms with E-state index in [9.17, 15) is 19.2 Å². The number of nitrogens with zero attached hydrogens (tertiary/aromatic N) is 3. The zero-order chi connectivity index (χ0) is 30.2. The summed E-state index contributed by atoms with van der Waals surface area (Å²) in [4.78, 5) is 58.8. The first-order chi connectivity index (χ1) is 20.9. The number of nitrogens with one attached hydrogen (secondary N) is 2. The Bertz CT molecular complexity index is 1300. The Morgan fingerprint density at radius 1 is 0.930 bits per heavy atom. The highest BCUT2D eigenvalue weighted by atomic mass is 16.5. The highest BCUT2D eigenvalue weighted by Crippen LogP contribution is 2.23. The zero-order valence-corrected chi connectivity index (χ0v) is 24.8. The van der Waals surface area contributed by atoms with E-state index in [1.54, 1.807) is 41.1 Å². The van der Waals surface area contributed by atoms with E-state index in [1.165, 1.54) is 5.56 Å². The number of hydrogen-bond donors (Lipinski definition) is 2. The molecule has 0 unspecified atom stereocenters. The number of carbonyl (C=O) groups is 4. The van der Waals surface area contributed by atoms with Gasteiger partial charge in [-0.2, -0.15) is 0 Å². The molecule has 230 valence electrons. The zero-order valence-electron chi connectivity index (χ0n) is 24.8. The molecular weight excluding hydrogens is 550 g/mol. The molecule has 3 aliphatic heterocycles. The molecule has 2 saturated heterocycles. The maximum atomic E-state index is 13.4. The highest BCUT2D eigenvalue weighted by molar-refractivity contribution is 5.99. The number of morpholine rings is 1. The highest BCUT2D eigenvalue weighted by Gasteiger charge is 2.36. The molecule has 2 aromatic rings. The third-order valence-electron chi connectivity index (χ3n) is 8.32. The molecule has 0 aliphatic carbocycles. The second-order valence-electron chi connectivity index (χ2n) is 11.3. The molecule has 11 nitrogen and oxygen atoms in total. The van der Waals surface area contributed by atoms with Crippen LogP contribution in [0.3, 0.4) is 0 Å². The van der Waals surface area contributed by atoms with Crippen LogP contribution >= 0.6 is 0 Å². The Labute approximate surface area is 252 Å². The molecule has 2 fully saturated rings. The van der Waals surface area contributed by atoms with Gasteiger partial charge < -0.3 is 29.9 Å². The summed E-state index contributed by atoms with van der Waals surface area (Å²) in [5.74, 6) is -0.801. The van der Waals surface area contributed by atoms with E-state index in [4.69, 9.17) is 9.47 Å². The van der Waals surface area contributed by atoms with Crippen molar-refractivity contribution in [1.29, 1.82) is 0 Å². The lowest BCUT2D eigenvalue weighted by Crippen LogP contribution is -2.49. The van der Waals surface area contributed by atoms with Gasteiger partial charge in [0.05, 0.1) is 25.3 Å². The summed E-state index contributed by atoms with van der Waals surface area (Å²) in [5.41, 5.74) is 2.40. The maximum absolute atomic E-state index is 13.4. The molecule has 3 aliphatic rings. The third-order valence-corrected chi connectivity index (χ3v) is 8.32. The quantitative estimate of drug-likeness (QED) is 0.542. The molecule has 3 heterocycles. The normalized spacial score (nSPS) is 22.5. The number of likely N-dealkylation sites (N-methyl/N-ethyl adjacent to an activating group) is 1. The molecule has 2 N–H and O–H groups in total. The first-order valence-corrected chi connectivity index (χ1v) is 15.1. The molecule has 0 bridgehead atoms. The van der Waals surface area contributed by atoms with Crippen molar-refractivity contribution in [1.82, 2.24) is 25.3 Å². The van der Waals surface area contributed by atoms with Gasteiger partial charge >= 0.3 is 0 Å². The fourth-order valence-corrected chi connectivity index (χ4v) is 5.77. The second-order valence-corrected chi connectivity index (χ2v) is 11.3. The fraction of sp³-hybridized carbons (Fsp3) is 0.500. The minimum absolute atomic E-state index is 0.0280. The predicted molar refractivity (Wildman–Crippen MR) is 159 cm³/mol. The van der Waals surface area contributed by atoms with Crippen LogP contribution in [0, 0.1) is 0 Å². The van der Waals surface area contributed by atoms with E-state index in [1.807, 2.05) is 12.1 Å². The van der Waals surface area contributed by atoms with Crippen molar-refractivity contribution in [3.63, 3.8) is 0 Å². The van der Waals surface area contributed by atoms with Gasteiger partial charge in [-0.05, 0) is 42.5 Å². The molecule has 0 radical (unpaired) electrons. The molecular formula is C32H41N5O6. The third kappa shape index (κ3) is 7.91. The van der Waals surface area contributed by atoms with E-state index in [0.29, 0.717) is 25.3 Å². The van der Waals surface area contributed by atoms with Crippen molar-refractivity contribution >= 4 is 23.6 Å². The van der Waals surface area contributed by atoms with E-state index in [0.717, 1.165) is 44.8 Å². The molecule has 4 amide bonds. The molecule has 0 saturated carbocycles. The van der Waals surface area contributed by atoms with Crippen molar-refractivity contribution in [2.75, 3.05) is 53.0 Å². The largest absolute Gasteiger partial charge is 0.491 e. The number of rotatable bonds is 5. The van der Waals surface area contributed by atoms with Gasteiger partial charge in [0.1, 0.15) is 24.4 Å². The number of para-hydroxylation sites is 1. The summed E-state index contributed by atoms with van der Waals surface area (Å²) in [6.45, 7) is 5.45. The van der Waals surface area contributed by atoms with Crippen molar-refractivity contribution in [2.24, 2.45) is 0 Å². The van der Waals surface area contributed by atoms with Crippen LogP contribution in [0.2, 0.25) is 0 Å². The molecule has 43 heavy (non-hydrogen) atoms. The van der Waals surface area contributed by atoms with Gasteiger partial charge in [-0.1, -0.05) is 36.4 Å². The molecule has 5 rings (SSSR count). The Balaban J connectivity index is 1.28. The monoisotopic (exact) mass is 591 g/mol. The Morgan fingerprint density at radius 3 is 2.47 bits per heavy atom.